The number of nitrogens with one attached hydrogen (secondary N) is 1. The van der Waals surface area contributed by atoms with Crippen molar-refractivity contribution in [2.45, 2.75) is 25.6 Å². The molecule has 0 bridgehead atoms. The van der Waals surface area contributed by atoms with E-state index in [4.69, 9.17) is 11.6 Å². The quantitative estimate of drug-likeness (QED) is 0.248. The van der Waals surface area contributed by atoms with Gasteiger partial charge in [-0.05, 0) is 71.5 Å². The predicted octanol–water partition coefficient (Wildman–Crippen LogP) is 6.70. The Morgan fingerprint density at radius 3 is 2.17 bits per heavy atom. The first kappa shape index (κ1) is 27.7. The third kappa shape index (κ3) is 5.42. The normalized spacial score (nSPS) is 20.4. The van der Waals surface area contributed by atoms with Crippen LogP contribution in [-0.2, 0) is 11.3 Å². The van der Waals surface area contributed by atoms with Gasteiger partial charge in [0.25, 0.3) is 5.91 Å². The first-order valence-corrected chi connectivity index (χ1v) is 13.9. The van der Waals surface area contributed by atoms with Crippen molar-refractivity contribution in [1.82, 2.24) is 10.2 Å². The smallest absolute Gasteiger partial charge is 0.255 e. The minimum absolute atomic E-state index is 0.105. The molecule has 2 heterocycles. The number of Topliss-reactive ketones (excluding diaryl/α,β-unsaturated/α-hetero) is 1. The summed E-state index contributed by atoms with van der Waals surface area (Å²) in [5.74, 6) is -3.51. The molecule has 3 aromatic carbocycles. The van der Waals surface area contributed by atoms with Crippen LogP contribution in [0.3, 0.4) is 0 Å². The minimum Gasteiger partial charge on any atom is -0.350 e. The van der Waals surface area contributed by atoms with Crippen molar-refractivity contribution in [1.29, 1.82) is 0 Å². The van der Waals surface area contributed by atoms with E-state index in [0.29, 0.717) is 11.1 Å². The molecular formula is C31H25ClF2N2O3S. The van der Waals surface area contributed by atoms with Gasteiger partial charge in [0.05, 0.1) is 17.0 Å². The van der Waals surface area contributed by atoms with Gasteiger partial charge in [-0.25, -0.2) is 8.78 Å². The van der Waals surface area contributed by atoms with Crippen molar-refractivity contribution >= 4 is 40.5 Å². The van der Waals surface area contributed by atoms with E-state index < -0.39 is 47.4 Å². The second kappa shape index (κ2) is 11.7. The van der Waals surface area contributed by atoms with E-state index >= 15 is 0 Å². The van der Waals surface area contributed by atoms with Crippen LogP contribution in [0.5, 0.6) is 0 Å². The first-order valence-electron chi connectivity index (χ1n) is 12.7. The molecule has 1 N–H and O–H groups in total. The van der Waals surface area contributed by atoms with Crippen LogP contribution in [0.2, 0.25) is 5.02 Å². The van der Waals surface area contributed by atoms with E-state index in [-0.39, 0.29) is 22.9 Å². The third-order valence-electron chi connectivity index (χ3n) is 7.26. The number of ketones is 1. The number of rotatable bonds is 7. The Hall–Kier alpha value is -3.88. The zero-order chi connectivity index (χ0) is 28.4. The number of hydrogen-bond donors (Lipinski definition) is 1. The minimum atomic E-state index is -1.03. The van der Waals surface area contributed by atoms with Gasteiger partial charge in [0.2, 0.25) is 5.91 Å². The molecule has 4 unspecified atom stereocenters. The number of likely N-dealkylation sites (tertiary alicyclic amines) is 1. The van der Waals surface area contributed by atoms with Crippen molar-refractivity contribution in [3.8, 4) is 0 Å². The number of hydrogen-bond acceptors (Lipinski definition) is 4. The fraction of sp³-hybridized carbons (Fsp3) is 0.194. The van der Waals surface area contributed by atoms with Crippen molar-refractivity contribution in [2.24, 2.45) is 11.8 Å². The summed E-state index contributed by atoms with van der Waals surface area (Å²) < 4.78 is 27.1. The van der Waals surface area contributed by atoms with Crippen LogP contribution in [0.4, 0.5) is 8.78 Å². The Morgan fingerprint density at radius 2 is 1.55 bits per heavy atom. The van der Waals surface area contributed by atoms with Gasteiger partial charge in [-0.15, -0.1) is 11.3 Å². The van der Waals surface area contributed by atoms with E-state index in [2.05, 4.69) is 5.32 Å². The molecule has 0 aliphatic carbocycles. The molecule has 4 atom stereocenters. The fourth-order valence-corrected chi connectivity index (χ4v) is 6.43. The summed E-state index contributed by atoms with van der Waals surface area (Å²) in [6.45, 7) is 1.88. The zero-order valence-electron chi connectivity index (χ0n) is 21.4. The molecule has 2 amide bonds. The number of halogens is 3. The maximum atomic E-state index is 14.1. The first-order chi connectivity index (χ1) is 19.3. The molecule has 0 spiro atoms. The lowest BCUT2D eigenvalue weighted by molar-refractivity contribution is -0.126. The summed E-state index contributed by atoms with van der Waals surface area (Å²) in [4.78, 5) is 44.1. The number of carbonyl (C=O) groups is 3. The number of benzene rings is 3. The summed E-state index contributed by atoms with van der Waals surface area (Å²) in [6, 6.07) is 19.4. The van der Waals surface area contributed by atoms with Gasteiger partial charge in [-0.3, -0.25) is 14.4 Å². The van der Waals surface area contributed by atoms with Crippen LogP contribution in [0.25, 0.3) is 0 Å². The Morgan fingerprint density at radius 1 is 0.900 bits per heavy atom. The molecule has 5 rings (SSSR count). The lowest BCUT2D eigenvalue weighted by atomic mass is 9.82. The molecule has 0 saturated carbocycles. The van der Waals surface area contributed by atoms with Crippen molar-refractivity contribution in [3.63, 3.8) is 0 Å². The maximum Gasteiger partial charge on any atom is 0.255 e. The van der Waals surface area contributed by atoms with E-state index in [0.717, 1.165) is 4.88 Å². The second-order valence-corrected chi connectivity index (χ2v) is 11.1. The number of amides is 2. The van der Waals surface area contributed by atoms with Crippen LogP contribution >= 0.6 is 22.9 Å². The highest BCUT2D eigenvalue weighted by atomic mass is 35.5. The van der Waals surface area contributed by atoms with Crippen LogP contribution in [0, 0.1) is 23.5 Å². The highest BCUT2D eigenvalue weighted by Crippen LogP contribution is 2.48. The van der Waals surface area contributed by atoms with Crippen molar-refractivity contribution in [2.75, 3.05) is 0 Å². The van der Waals surface area contributed by atoms with Crippen molar-refractivity contribution < 1.29 is 23.2 Å². The van der Waals surface area contributed by atoms with Crippen LogP contribution < -0.4 is 5.32 Å². The fourth-order valence-electron chi connectivity index (χ4n) is 5.33. The Labute approximate surface area is 239 Å². The predicted molar refractivity (Wildman–Crippen MR) is 150 cm³/mol. The van der Waals surface area contributed by atoms with Crippen molar-refractivity contribution in [3.05, 3.63) is 129 Å². The molecule has 9 heteroatoms. The summed E-state index contributed by atoms with van der Waals surface area (Å²) in [7, 11) is 0. The van der Waals surface area contributed by atoms with Gasteiger partial charge < -0.3 is 10.2 Å². The lowest BCUT2D eigenvalue weighted by Gasteiger charge is -2.31. The molecule has 40 heavy (non-hydrogen) atoms. The molecule has 1 aliphatic rings. The number of carbonyl (C=O) groups excluding carboxylic acids is 3. The molecule has 1 saturated heterocycles. The van der Waals surface area contributed by atoms with E-state index in [1.807, 2.05) is 17.5 Å². The number of nitrogens with zero attached hydrogens (tertiary/aromatic N) is 1. The summed E-state index contributed by atoms with van der Waals surface area (Å²) in [5.41, 5.74) is 1.18. The van der Waals surface area contributed by atoms with Gasteiger partial charge in [-0.1, -0.05) is 48.9 Å². The lowest BCUT2D eigenvalue weighted by Crippen LogP contribution is -2.48. The molecule has 1 aliphatic heterocycles. The molecule has 5 nitrogen and oxygen atoms in total. The second-order valence-electron chi connectivity index (χ2n) is 9.70. The third-order valence-corrected chi connectivity index (χ3v) is 8.53. The van der Waals surface area contributed by atoms with E-state index in [9.17, 15) is 23.2 Å². The van der Waals surface area contributed by atoms with E-state index in [1.165, 1.54) is 52.6 Å². The van der Waals surface area contributed by atoms with Gasteiger partial charge in [0.15, 0.2) is 5.78 Å². The largest absolute Gasteiger partial charge is 0.350 e. The summed E-state index contributed by atoms with van der Waals surface area (Å²) >= 11 is 7.80. The molecule has 0 radical (unpaired) electrons. The Bertz CT molecular complexity index is 1530. The molecule has 204 valence electrons. The van der Waals surface area contributed by atoms with Gasteiger partial charge in [0, 0.05) is 22.5 Å². The average Bonchev–Trinajstić information content (AvgIpc) is 3.58. The SMILES string of the molecule is CC1C(C(=O)c2ccccc2Cl)C(c2cccs2)N(C(=O)c2ccc(F)cc2)C1C(=O)NCc1ccc(F)cc1. The molecule has 4 aromatic rings. The van der Waals surface area contributed by atoms with Crippen LogP contribution in [-0.4, -0.2) is 28.5 Å². The molecule has 1 fully saturated rings. The monoisotopic (exact) mass is 578 g/mol. The number of thiophene rings is 1. The maximum absolute atomic E-state index is 14.1. The average molecular weight is 579 g/mol. The summed E-state index contributed by atoms with van der Waals surface area (Å²) in [6.07, 6.45) is 0. The standard InChI is InChI=1S/C31H25ClF2N2O3S/c1-18-26(29(37)23-5-2-3-6-24(23)32)28(25-7-4-16-40-25)36(31(39)20-10-14-22(34)15-11-20)27(18)30(38)35-17-19-8-12-21(33)13-9-19/h2-16,18,26-28H,17H2,1H3,(H,35,38). The topological polar surface area (TPSA) is 66.5 Å². The molecular weight excluding hydrogens is 554 g/mol. The Balaban J connectivity index is 1.58. The summed E-state index contributed by atoms with van der Waals surface area (Å²) in [5, 5.41) is 4.99. The van der Waals surface area contributed by atoms with Gasteiger partial charge >= 0.3 is 0 Å². The highest BCUT2D eigenvalue weighted by molar-refractivity contribution is 7.10. The van der Waals surface area contributed by atoms with Crippen LogP contribution in [0.15, 0.2) is 90.3 Å². The van der Waals surface area contributed by atoms with Gasteiger partial charge in [0.1, 0.15) is 17.7 Å². The highest BCUT2D eigenvalue weighted by Gasteiger charge is 2.55. The zero-order valence-corrected chi connectivity index (χ0v) is 23.0. The molecule has 1 aromatic heterocycles. The van der Waals surface area contributed by atoms with Gasteiger partial charge in [-0.2, -0.15) is 0 Å². The van der Waals surface area contributed by atoms with Crippen LogP contribution in [0.1, 0.15) is 44.1 Å². The van der Waals surface area contributed by atoms with E-state index in [1.54, 1.807) is 43.3 Å². The Kier molecular flexibility index (Phi) is 8.09.